The molecule has 2 aromatic rings. The van der Waals surface area contributed by atoms with Gasteiger partial charge in [-0.1, -0.05) is 12.1 Å². The Labute approximate surface area is 150 Å². The number of rotatable bonds is 6. The summed E-state index contributed by atoms with van der Waals surface area (Å²) in [6.45, 7) is 3.12. The van der Waals surface area contributed by atoms with E-state index in [2.05, 4.69) is 38.9 Å². The Morgan fingerprint density at radius 3 is 2.52 bits per heavy atom. The molecule has 1 saturated heterocycles. The van der Waals surface area contributed by atoms with Crippen molar-refractivity contribution in [2.45, 2.75) is 19.0 Å². The summed E-state index contributed by atoms with van der Waals surface area (Å²) in [5.74, 6) is 2.82. The molecule has 1 aromatic carbocycles. The maximum Gasteiger partial charge on any atom is 0.134 e. The van der Waals surface area contributed by atoms with Crippen molar-refractivity contribution in [3.05, 3.63) is 42.2 Å². The van der Waals surface area contributed by atoms with Crippen molar-refractivity contribution < 1.29 is 4.74 Å². The van der Waals surface area contributed by atoms with E-state index in [1.165, 1.54) is 5.56 Å². The van der Waals surface area contributed by atoms with Gasteiger partial charge in [0.15, 0.2) is 0 Å². The van der Waals surface area contributed by atoms with Gasteiger partial charge in [-0.15, -0.1) is 0 Å². The minimum absolute atomic E-state index is 0.475. The average Bonchev–Trinajstić information content (AvgIpc) is 3.10. The quantitative estimate of drug-likeness (QED) is 0.803. The lowest BCUT2D eigenvalue weighted by Gasteiger charge is -2.26. The lowest BCUT2D eigenvalue weighted by molar-refractivity contribution is 0.325. The third-order valence-corrected chi connectivity index (χ3v) is 4.82. The molecule has 1 aromatic heterocycles. The monoisotopic (exact) mass is 341 g/mol. The molecule has 3 rings (SSSR count). The van der Waals surface area contributed by atoms with Gasteiger partial charge < -0.3 is 14.5 Å². The number of anilines is 2. The molecule has 0 aliphatic carbocycles. The molecule has 0 amide bonds. The molecular weight excluding hydrogens is 314 g/mol. The van der Waals surface area contributed by atoms with Crippen molar-refractivity contribution in [3.8, 4) is 5.75 Å². The van der Waals surface area contributed by atoms with Crippen molar-refractivity contribution in [2.75, 3.05) is 51.1 Å². The Bertz CT molecular complexity index is 688. The molecule has 0 radical (unpaired) electrons. The Balaban J connectivity index is 1.60. The van der Waals surface area contributed by atoms with Crippen LogP contribution in [0.25, 0.3) is 0 Å². The normalized spacial score (nSPS) is 17.5. The summed E-state index contributed by atoms with van der Waals surface area (Å²) in [5, 5.41) is 0. The molecule has 25 heavy (non-hydrogen) atoms. The molecule has 6 nitrogen and oxygen atoms in total. The van der Waals surface area contributed by atoms with Gasteiger partial charge in [-0.05, 0) is 24.1 Å². The maximum absolute atomic E-state index is 5.23. The summed E-state index contributed by atoms with van der Waals surface area (Å²) in [7, 11) is 7.82. The lowest BCUT2D eigenvalue weighted by atomic mass is 10.2. The first kappa shape index (κ1) is 17.5. The number of nitrogens with zero attached hydrogens (tertiary/aromatic N) is 5. The van der Waals surface area contributed by atoms with E-state index in [-0.39, 0.29) is 0 Å². The molecule has 6 heteroatoms. The number of hydrogen-bond donors (Lipinski definition) is 0. The first-order valence-corrected chi connectivity index (χ1v) is 8.64. The van der Waals surface area contributed by atoms with E-state index >= 15 is 0 Å². The van der Waals surface area contributed by atoms with Gasteiger partial charge in [-0.2, -0.15) is 0 Å². The summed E-state index contributed by atoms with van der Waals surface area (Å²) >= 11 is 0. The highest BCUT2D eigenvalue weighted by molar-refractivity contribution is 5.49. The van der Waals surface area contributed by atoms with Gasteiger partial charge >= 0.3 is 0 Å². The topological polar surface area (TPSA) is 44.7 Å². The van der Waals surface area contributed by atoms with Gasteiger partial charge in [-0.3, -0.25) is 4.90 Å². The van der Waals surface area contributed by atoms with Crippen molar-refractivity contribution in [3.63, 3.8) is 0 Å². The van der Waals surface area contributed by atoms with Crippen LogP contribution in [0.2, 0.25) is 0 Å². The van der Waals surface area contributed by atoms with Crippen molar-refractivity contribution in [1.82, 2.24) is 14.9 Å². The smallest absolute Gasteiger partial charge is 0.134 e. The highest BCUT2D eigenvalue weighted by Gasteiger charge is 2.26. The summed E-state index contributed by atoms with van der Waals surface area (Å²) in [6.07, 6.45) is 2.79. The third kappa shape index (κ3) is 4.20. The molecule has 0 saturated carbocycles. The molecular formula is C19H27N5O. The van der Waals surface area contributed by atoms with Gasteiger partial charge in [0.1, 0.15) is 23.7 Å². The largest absolute Gasteiger partial charge is 0.497 e. The van der Waals surface area contributed by atoms with E-state index in [9.17, 15) is 0 Å². The highest BCUT2D eigenvalue weighted by atomic mass is 16.5. The van der Waals surface area contributed by atoms with Crippen LogP contribution in [0, 0.1) is 0 Å². The van der Waals surface area contributed by atoms with E-state index < -0.39 is 0 Å². The van der Waals surface area contributed by atoms with Crippen LogP contribution in [0.3, 0.4) is 0 Å². The number of benzene rings is 1. The molecule has 134 valence electrons. The van der Waals surface area contributed by atoms with Gasteiger partial charge in [0.05, 0.1) is 7.11 Å². The predicted molar refractivity (Wildman–Crippen MR) is 101 cm³/mol. The molecule has 2 heterocycles. The van der Waals surface area contributed by atoms with Gasteiger partial charge in [-0.25, -0.2) is 9.97 Å². The summed E-state index contributed by atoms with van der Waals surface area (Å²) in [4.78, 5) is 15.5. The number of likely N-dealkylation sites (tertiary alicyclic amines) is 1. The fraction of sp³-hybridized carbons (Fsp3) is 0.474. The standard InChI is InChI=1S/C19H27N5O/c1-22(2)18-11-19(21-14-20-18)23(3)16-9-10-24(13-16)12-15-5-7-17(25-4)8-6-15/h5-8,11,14,16H,9-10,12-13H2,1-4H3. The Morgan fingerprint density at radius 2 is 1.84 bits per heavy atom. The zero-order valence-electron chi connectivity index (χ0n) is 15.5. The predicted octanol–water partition coefficient (Wildman–Crippen LogP) is 2.26. The Morgan fingerprint density at radius 1 is 1.12 bits per heavy atom. The fourth-order valence-corrected chi connectivity index (χ4v) is 3.22. The summed E-state index contributed by atoms with van der Waals surface area (Å²) < 4.78 is 5.23. The van der Waals surface area contributed by atoms with Crippen molar-refractivity contribution >= 4 is 11.6 Å². The molecule has 1 atom stereocenters. The maximum atomic E-state index is 5.23. The molecule has 0 N–H and O–H groups in total. The van der Waals surface area contributed by atoms with Crippen molar-refractivity contribution in [1.29, 1.82) is 0 Å². The number of aromatic nitrogens is 2. The number of ether oxygens (including phenoxy) is 1. The van der Waals surface area contributed by atoms with E-state index in [4.69, 9.17) is 4.74 Å². The van der Waals surface area contributed by atoms with Gasteiger partial charge in [0.25, 0.3) is 0 Å². The zero-order valence-corrected chi connectivity index (χ0v) is 15.5. The molecule has 1 fully saturated rings. The molecule has 1 unspecified atom stereocenters. The fourth-order valence-electron chi connectivity index (χ4n) is 3.22. The number of likely N-dealkylation sites (N-methyl/N-ethyl adjacent to an activating group) is 1. The van der Waals surface area contributed by atoms with Gasteiger partial charge in [0.2, 0.25) is 0 Å². The minimum atomic E-state index is 0.475. The molecule has 0 spiro atoms. The highest BCUT2D eigenvalue weighted by Crippen LogP contribution is 2.23. The van der Waals surface area contributed by atoms with E-state index in [0.29, 0.717) is 6.04 Å². The minimum Gasteiger partial charge on any atom is -0.497 e. The van der Waals surface area contributed by atoms with Gasteiger partial charge in [0, 0.05) is 52.9 Å². The SMILES string of the molecule is COc1ccc(CN2CCC(N(C)c3cc(N(C)C)ncn3)C2)cc1. The van der Waals surface area contributed by atoms with Crippen LogP contribution >= 0.6 is 0 Å². The summed E-state index contributed by atoms with van der Waals surface area (Å²) in [6, 6.07) is 10.9. The first-order valence-electron chi connectivity index (χ1n) is 8.64. The first-order chi connectivity index (χ1) is 12.1. The Kier molecular flexibility index (Phi) is 5.38. The molecule has 0 bridgehead atoms. The van der Waals surface area contributed by atoms with Crippen LogP contribution in [0.4, 0.5) is 11.6 Å². The molecule has 1 aliphatic rings. The Hall–Kier alpha value is -2.34. The lowest BCUT2D eigenvalue weighted by Crippen LogP contribution is -2.35. The second-order valence-electron chi connectivity index (χ2n) is 6.77. The molecule has 1 aliphatic heterocycles. The summed E-state index contributed by atoms with van der Waals surface area (Å²) in [5.41, 5.74) is 1.32. The van der Waals surface area contributed by atoms with E-state index in [1.54, 1.807) is 13.4 Å². The van der Waals surface area contributed by atoms with Crippen molar-refractivity contribution in [2.24, 2.45) is 0 Å². The second-order valence-corrected chi connectivity index (χ2v) is 6.77. The second kappa shape index (κ2) is 7.70. The van der Waals surface area contributed by atoms with Crippen LogP contribution in [0.15, 0.2) is 36.7 Å². The van der Waals surface area contributed by atoms with Crippen LogP contribution in [-0.2, 0) is 6.54 Å². The van der Waals surface area contributed by atoms with Crippen LogP contribution < -0.4 is 14.5 Å². The van der Waals surface area contributed by atoms with Crippen LogP contribution in [0.1, 0.15) is 12.0 Å². The zero-order chi connectivity index (χ0) is 17.8. The number of hydrogen-bond acceptors (Lipinski definition) is 6. The third-order valence-electron chi connectivity index (χ3n) is 4.82. The van der Waals surface area contributed by atoms with Crippen LogP contribution in [0.5, 0.6) is 5.75 Å². The average molecular weight is 341 g/mol. The number of methoxy groups -OCH3 is 1. The van der Waals surface area contributed by atoms with E-state index in [0.717, 1.165) is 43.4 Å². The van der Waals surface area contributed by atoms with E-state index in [1.807, 2.05) is 37.2 Å². The van der Waals surface area contributed by atoms with Crippen LogP contribution in [-0.4, -0.2) is 62.3 Å².